The second kappa shape index (κ2) is 9.92. The summed E-state index contributed by atoms with van der Waals surface area (Å²) in [5.74, 6) is -0.556. The number of carboxylic acids is 1. The number of carboxylic acid groups (broad SMARTS) is 1. The van der Waals surface area contributed by atoms with Gasteiger partial charge in [0.2, 0.25) is 0 Å². The van der Waals surface area contributed by atoms with Crippen molar-refractivity contribution in [3.8, 4) is 5.75 Å². The van der Waals surface area contributed by atoms with Crippen molar-refractivity contribution in [3.05, 3.63) is 64.1 Å². The molecule has 0 heterocycles. The van der Waals surface area contributed by atoms with Gasteiger partial charge in [-0.05, 0) is 53.8 Å². The molecule has 2 atom stereocenters. The van der Waals surface area contributed by atoms with Crippen LogP contribution in [-0.2, 0) is 4.79 Å². The topological polar surface area (TPSA) is 75.6 Å². The van der Waals surface area contributed by atoms with E-state index in [9.17, 15) is 9.59 Å². The van der Waals surface area contributed by atoms with Gasteiger partial charge in [-0.2, -0.15) is 0 Å². The Morgan fingerprint density at radius 3 is 2.14 bits per heavy atom. The van der Waals surface area contributed by atoms with E-state index in [-0.39, 0.29) is 23.8 Å². The lowest BCUT2D eigenvalue weighted by atomic mass is 9.84. The lowest BCUT2D eigenvalue weighted by Crippen LogP contribution is -2.45. The average molecular weight is 462 g/mol. The number of hydrogen-bond donors (Lipinski definition) is 2. The predicted octanol–water partition coefficient (Wildman–Crippen LogP) is 5.60. The highest BCUT2D eigenvalue weighted by Gasteiger charge is 2.28. The summed E-state index contributed by atoms with van der Waals surface area (Å²) in [6.07, 6.45) is 0.609. The fourth-order valence-corrected chi connectivity index (χ4v) is 3.17. The van der Waals surface area contributed by atoms with Gasteiger partial charge < -0.3 is 15.2 Å². The molecule has 6 heteroatoms. The highest BCUT2D eigenvalue weighted by atomic mass is 79.9. The van der Waals surface area contributed by atoms with E-state index in [1.807, 2.05) is 45.0 Å². The first kappa shape index (κ1) is 22.9. The summed E-state index contributed by atoms with van der Waals surface area (Å²) in [7, 11) is 0. The third kappa shape index (κ3) is 6.89. The summed E-state index contributed by atoms with van der Waals surface area (Å²) >= 11 is 3.44. The quantitative estimate of drug-likeness (QED) is 0.536. The monoisotopic (exact) mass is 461 g/mol. The van der Waals surface area contributed by atoms with Gasteiger partial charge in [0.1, 0.15) is 11.9 Å². The van der Waals surface area contributed by atoms with E-state index >= 15 is 0 Å². The first-order chi connectivity index (χ1) is 13.6. The number of aliphatic carboxylic acids is 1. The minimum atomic E-state index is -0.937. The van der Waals surface area contributed by atoms with E-state index in [1.165, 1.54) is 0 Å². The molecule has 29 heavy (non-hydrogen) atoms. The number of halogens is 1. The molecule has 0 spiro atoms. The van der Waals surface area contributed by atoms with Gasteiger partial charge in [0, 0.05) is 16.1 Å². The molecule has 156 valence electrons. The molecule has 0 saturated carbocycles. The third-order valence-corrected chi connectivity index (χ3v) is 5.27. The van der Waals surface area contributed by atoms with Crippen LogP contribution in [0.5, 0.6) is 5.75 Å². The van der Waals surface area contributed by atoms with Crippen LogP contribution in [0.1, 0.15) is 62.6 Å². The minimum absolute atomic E-state index is 0.0800. The van der Waals surface area contributed by atoms with Gasteiger partial charge in [0.15, 0.2) is 0 Å². The Labute approximate surface area is 180 Å². The van der Waals surface area contributed by atoms with Gasteiger partial charge in [-0.3, -0.25) is 9.59 Å². The van der Waals surface area contributed by atoms with Crippen molar-refractivity contribution in [2.24, 2.45) is 5.41 Å². The molecule has 2 aromatic carbocycles. The highest BCUT2D eigenvalue weighted by molar-refractivity contribution is 9.10. The van der Waals surface area contributed by atoms with Gasteiger partial charge in [-0.15, -0.1) is 0 Å². The minimum Gasteiger partial charge on any atom is -0.486 e. The number of amides is 1. The van der Waals surface area contributed by atoms with E-state index in [0.717, 1.165) is 16.5 Å². The number of carbonyl (C=O) groups is 2. The number of ether oxygens (including phenoxy) is 1. The van der Waals surface area contributed by atoms with Crippen LogP contribution in [0, 0.1) is 5.41 Å². The van der Waals surface area contributed by atoms with Crippen LogP contribution in [0.25, 0.3) is 0 Å². The molecule has 2 aromatic rings. The third-order valence-electron chi connectivity index (χ3n) is 4.74. The van der Waals surface area contributed by atoms with Crippen LogP contribution in [0.3, 0.4) is 0 Å². The van der Waals surface area contributed by atoms with Crippen molar-refractivity contribution in [1.82, 2.24) is 5.32 Å². The lowest BCUT2D eigenvalue weighted by molar-refractivity contribution is -0.138. The van der Waals surface area contributed by atoms with Gasteiger partial charge >= 0.3 is 5.97 Å². The van der Waals surface area contributed by atoms with Gasteiger partial charge in [-0.25, -0.2) is 0 Å². The number of carbonyl (C=O) groups excluding carboxylic acids is 1. The molecule has 0 bridgehead atoms. The van der Waals surface area contributed by atoms with Crippen LogP contribution >= 0.6 is 15.9 Å². The fraction of sp³-hybridized carbons (Fsp3) is 0.391. The zero-order chi connectivity index (χ0) is 21.6. The zero-order valence-corrected chi connectivity index (χ0v) is 18.8. The van der Waals surface area contributed by atoms with Crippen LogP contribution in [0.4, 0.5) is 0 Å². The molecule has 0 aliphatic heterocycles. The predicted molar refractivity (Wildman–Crippen MR) is 117 cm³/mol. The maximum Gasteiger partial charge on any atom is 0.305 e. The van der Waals surface area contributed by atoms with Gasteiger partial charge in [0.05, 0.1) is 6.42 Å². The maximum absolute atomic E-state index is 12.6. The summed E-state index contributed by atoms with van der Waals surface area (Å²) in [5.41, 5.74) is 1.18. The fourth-order valence-electron chi connectivity index (χ4n) is 2.90. The Morgan fingerprint density at radius 1 is 1.07 bits per heavy atom. The van der Waals surface area contributed by atoms with Crippen molar-refractivity contribution in [1.29, 1.82) is 0 Å². The number of nitrogens with one attached hydrogen (secondary N) is 1. The van der Waals surface area contributed by atoms with Crippen molar-refractivity contribution in [2.45, 2.75) is 52.7 Å². The number of hydrogen-bond acceptors (Lipinski definition) is 3. The van der Waals surface area contributed by atoms with E-state index in [2.05, 4.69) is 28.2 Å². The summed E-state index contributed by atoms with van der Waals surface area (Å²) in [6.45, 7) is 7.78. The largest absolute Gasteiger partial charge is 0.486 e. The Balaban J connectivity index is 2.07. The lowest BCUT2D eigenvalue weighted by Gasteiger charge is -2.30. The molecule has 0 aliphatic rings. The SMILES string of the molecule is CCC(Oc1ccc(C(=O)N[C@@H](CC(=O)O)C(C)(C)C)cc1)c1ccc(Br)cc1. The van der Waals surface area contributed by atoms with Crippen LogP contribution in [0.2, 0.25) is 0 Å². The van der Waals surface area contributed by atoms with Gasteiger partial charge in [0.25, 0.3) is 5.91 Å². The first-order valence-corrected chi connectivity index (χ1v) is 10.4. The summed E-state index contributed by atoms with van der Waals surface area (Å²) in [6, 6.07) is 14.5. The molecule has 1 unspecified atom stereocenters. The van der Waals surface area contributed by atoms with Crippen LogP contribution < -0.4 is 10.1 Å². The van der Waals surface area contributed by atoms with Crippen molar-refractivity contribution in [3.63, 3.8) is 0 Å². The zero-order valence-electron chi connectivity index (χ0n) is 17.2. The average Bonchev–Trinajstić information content (AvgIpc) is 2.65. The molecule has 2 rings (SSSR count). The van der Waals surface area contributed by atoms with Crippen molar-refractivity contribution in [2.75, 3.05) is 0 Å². The number of benzene rings is 2. The molecule has 0 aliphatic carbocycles. The van der Waals surface area contributed by atoms with Crippen molar-refractivity contribution >= 4 is 27.8 Å². The molecular formula is C23H28BrNO4. The Bertz CT molecular complexity index is 825. The molecule has 0 radical (unpaired) electrons. The molecule has 0 aromatic heterocycles. The van der Waals surface area contributed by atoms with E-state index in [4.69, 9.17) is 9.84 Å². The van der Waals surface area contributed by atoms with Crippen LogP contribution in [-0.4, -0.2) is 23.0 Å². The Hall–Kier alpha value is -2.34. The smallest absolute Gasteiger partial charge is 0.305 e. The van der Waals surface area contributed by atoms with E-state index in [1.54, 1.807) is 24.3 Å². The van der Waals surface area contributed by atoms with E-state index < -0.39 is 12.0 Å². The molecule has 5 nitrogen and oxygen atoms in total. The second-order valence-electron chi connectivity index (χ2n) is 8.08. The Morgan fingerprint density at radius 2 is 1.66 bits per heavy atom. The standard InChI is InChI=1S/C23H28BrNO4/c1-5-19(15-6-10-17(24)11-7-15)29-18-12-8-16(9-13-18)22(28)25-20(14-21(26)27)23(2,3)4/h6-13,19-20H,5,14H2,1-4H3,(H,25,28)(H,26,27)/t19?,20-/m0/s1. The summed E-state index contributed by atoms with van der Waals surface area (Å²) in [5, 5.41) is 12.0. The van der Waals surface area contributed by atoms with Crippen molar-refractivity contribution < 1.29 is 19.4 Å². The second-order valence-corrected chi connectivity index (χ2v) is 9.00. The molecule has 2 N–H and O–H groups in total. The summed E-state index contributed by atoms with van der Waals surface area (Å²) < 4.78 is 7.10. The molecular weight excluding hydrogens is 434 g/mol. The molecule has 0 fully saturated rings. The maximum atomic E-state index is 12.6. The highest BCUT2D eigenvalue weighted by Crippen LogP contribution is 2.27. The Kier molecular flexibility index (Phi) is 7.85. The van der Waals surface area contributed by atoms with E-state index in [0.29, 0.717) is 11.3 Å². The normalized spacial score (nSPS) is 13.4. The van der Waals surface area contributed by atoms with Crippen LogP contribution in [0.15, 0.2) is 53.0 Å². The number of rotatable bonds is 8. The first-order valence-electron chi connectivity index (χ1n) is 9.65. The van der Waals surface area contributed by atoms with Gasteiger partial charge in [-0.1, -0.05) is 55.8 Å². The molecule has 1 amide bonds. The molecule has 0 saturated heterocycles. The summed E-state index contributed by atoms with van der Waals surface area (Å²) in [4.78, 5) is 23.7.